The molecule has 0 spiro atoms. The number of aromatic nitrogens is 1. The Balaban J connectivity index is 1.29. The highest BCUT2D eigenvalue weighted by molar-refractivity contribution is 7.13. The van der Waals surface area contributed by atoms with Gasteiger partial charge in [0, 0.05) is 36.5 Å². The second kappa shape index (κ2) is 21.8. The summed E-state index contributed by atoms with van der Waals surface area (Å²) in [6.07, 6.45) is 0.890. The first-order valence-electron chi connectivity index (χ1n) is 21.0. The van der Waals surface area contributed by atoms with E-state index in [1.54, 1.807) is 55.8 Å². The molecule has 4 rings (SSSR count). The van der Waals surface area contributed by atoms with E-state index in [4.69, 9.17) is 22.1 Å². The number of thiazole rings is 1. The summed E-state index contributed by atoms with van der Waals surface area (Å²) in [5.41, 5.74) is 9.73. The van der Waals surface area contributed by atoms with Crippen molar-refractivity contribution >= 4 is 64.3 Å². The number of nitrogens with one attached hydrogen (secondary N) is 4. The summed E-state index contributed by atoms with van der Waals surface area (Å²) in [5.74, 6) is -2.30. The smallest absolute Gasteiger partial charge is 0.408 e. The summed E-state index contributed by atoms with van der Waals surface area (Å²) in [5, 5.41) is 22.2. The van der Waals surface area contributed by atoms with Crippen molar-refractivity contribution in [1.29, 1.82) is 0 Å². The molecule has 0 saturated carbocycles. The Morgan fingerprint density at radius 3 is 2.27 bits per heavy atom. The number of hydrogen-bond donors (Lipinski definition) is 6. The monoisotopic (exact) mass is 895 g/mol. The predicted molar refractivity (Wildman–Crippen MR) is 240 cm³/mol. The van der Waals surface area contributed by atoms with Crippen LogP contribution in [-0.4, -0.2) is 87.0 Å². The van der Waals surface area contributed by atoms with Crippen LogP contribution >= 0.6 is 22.9 Å². The van der Waals surface area contributed by atoms with Crippen molar-refractivity contribution < 1.29 is 38.6 Å². The molecule has 338 valence electrons. The van der Waals surface area contributed by atoms with Gasteiger partial charge in [0.2, 0.25) is 29.5 Å². The molecule has 7 N–H and O–H groups in total. The van der Waals surface area contributed by atoms with Gasteiger partial charge >= 0.3 is 6.09 Å². The van der Waals surface area contributed by atoms with E-state index in [1.807, 2.05) is 58.9 Å². The molecule has 6 amide bonds. The number of benzene rings is 2. The average Bonchev–Trinajstić information content (AvgIpc) is 3.78. The van der Waals surface area contributed by atoms with Gasteiger partial charge in [-0.25, -0.2) is 9.78 Å². The van der Waals surface area contributed by atoms with Gasteiger partial charge in [0.25, 0.3) is 0 Å². The number of anilines is 1. The van der Waals surface area contributed by atoms with Crippen molar-refractivity contribution in [3.05, 3.63) is 69.8 Å². The van der Waals surface area contributed by atoms with Crippen LogP contribution in [0.25, 0.3) is 10.4 Å². The molecule has 1 aromatic heterocycles. The van der Waals surface area contributed by atoms with Crippen LogP contribution in [-0.2, 0) is 35.1 Å². The number of hydrogen-bond acceptors (Lipinski definition) is 10. The molecular formula is C45H62ClN7O8S. The van der Waals surface area contributed by atoms with Crippen molar-refractivity contribution in [3.8, 4) is 10.4 Å². The molecule has 1 saturated heterocycles. The third-order valence-electron chi connectivity index (χ3n) is 10.3. The number of rotatable bonds is 18. The lowest BCUT2D eigenvalue weighted by Gasteiger charge is -2.35. The highest BCUT2D eigenvalue weighted by Gasteiger charge is 2.44. The van der Waals surface area contributed by atoms with E-state index < -0.39 is 59.1 Å². The maximum atomic E-state index is 14.1. The number of nitrogens with zero attached hydrogens (tertiary/aromatic N) is 2. The lowest BCUT2D eigenvalue weighted by Crippen LogP contribution is -2.57. The molecule has 62 heavy (non-hydrogen) atoms. The molecular weight excluding hydrogens is 834 g/mol. The molecule has 0 radical (unpaired) electrons. The summed E-state index contributed by atoms with van der Waals surface area (Å²) < 4.78 is 5.27. The Morgan fingerprint density at radius 2 is 1.66 bits per heavy atom. The molecule has 0 unspecified atom stereocenters. The number of likely N-dealkylation sites (tertiary alicyclic amines) is 1. The van der Waals surface area contributed by atoms with Crippen molar-refractivity contribution in [2.75, 3.05) is 11.9 Å². The van der Waals surface area contributed by atoms with Gasteiger partial charge in [-0.05, 0) is 101 Å². The Bertz CT molecular complexity index is 2060. The fraction of sp³-hybridized carbons (Fsp3) is 0.533. The molecule has 1 aliphatic heterocycles. The van der Waals surface area contributed by atoms with Crippen molar-refractivity contribution in [2.45, 2.75) is 143 Å². The quantitative estimate of drug-likeness (QED) is 0.0783. The Kier molecular flexibility index (Phi) is 17.5. The second-order valence-corrected chi connectivity index (χ2v) is 19.3. The minimum Gasteiger partial charge on any atom is -0.444 e. The van der Waals surface area contributed by atoms with Gasteiger partial charge in [0.1, 0.15) is 23.7 Å². The second-order valence-electron chi connectivity index (χ2n) is 18.0. The number of amides is 6. The van der Waals surface area contributed by atoms with E-state index in [0.29, 0.717) is 36.4 Å². The molecule has 17 heteroatoms. The van der Waals surface area contributed by atoms with Gasteiger partial charge in [-0.1, -0.05) is 63.1 Å². The van der Waals surface area contributed by atoms with Crippen LogP contribution in [0.15, 0.2) is 48.0 Å². The van der Waals surface area contributed by atoms with Gasteiger partial charge in [0.05, 0.1) is 28.2 Å². The molecule has 2 heterocycles. The summed E-state index contributed by atoms with van der Waals surface area (Å²) >= 11 is 7.96. The number of aliphatic hydroxyl groups is 1. The summed E-state index contributed by atoms with van der Waals surface area (Å²) in [4.78, 5) is 84.9. The number of halogens is 1. The zero-order chi connectivity index (χ0) is 45.9. The first-order chi connectivity index (χ1) is 29.0. The van der Waals surface area contributed by atoms with Crippen LogP contribution in [0.5, 0.6) is 0 Å². The van der Waals surface area contributed by atoms with E-state index in [0.717, 1.165) is 27.3 Å². The summed E-state index contributed by atoms with van der Waals surface area (Å²) in [7, 11) is 0. The number of alkyl carbamates (subject to hydrolysis) is 1. The Morgan fingerprint density at radius 1 is 0.968 bits per heavy atom. The van der Waals surface area contributed by atoms with Crippen LogP contribution in [0.3, 0.4) is 0 Å². The van der Waals surface area contributed by atoms with Crippen LogP contribution in [0, 0.1) is 12.3 Å². The average molecular weight is 897 g/mol. The number of carbonyl (C=O) groups excluding carboxylic acids is 6. The first kappa shape index (κ1) is 49.6. The summed E-state index contributed by atoms with van der Waals surface area (Å²) in [6, 6.07) is 9.71. The minimum absolute atomic E-state index is 0.0234. The third kappa shape index (κ3) is 15.1. The number of carbonyl (C=O) groups is 6. The molecule has 2 aromatic carbocycles. The maximum Gasteiger partial charge on any atom is 0.408 e. The van der Waals surface area contributed by atoms with Crippen LogP contribution in [0.1, 0.15) is 116 Å². The number of ether oxygens (including phenoxy) is 1. The van der Waals surface area contributed by atoms with Crippen LogP contribution in [0.2, 0.25) is 5.02 Å². The van der Waals surface area contributed by atoms with Gasteiger partial charge in [0.15, 0.2) is 0 Å². The SMILES string of the molecule is Cc1ncsc1-c1ccc([C@H](C)NC(=O)[C@@H]2C[C@@H](O)CN2C(=O)[C@@H](NC(=O)CCCCCc2cc(Cl)cc(NC(=O)[C@H](CCC(N)=O)NC(=O)OC(C)(C)C)c2)C(C)(C)C)cc1. The number of unbranched alkanes of at least 4 members (excludes halogenated alkanes) is 2. The molecule has 15 nitrogen and oxygen atoms in total. The fourth-order valence-corrected chi connectivity index (χ4v) is 8.21. The molecule has 3 aromatic rings. The van der Waals surface area contributed by atoms with Crippen molar-refractivity contribution in [1.82, 2.24) is 25.8 Å². The van der Waals surface area contributed by atoms with E-state index in [2.05, 4.69) is 26.3 Å². The lowest BCUT2D eigenvalue weighted by molar-refractivity contribution is -0.144. The Labute approximate surface area is 373 Å². The minimum atomic E-state index is -1.09. The van der Waals surface area contributed by atoms with E-state index in [1.165, 1.54) is 4.90 Å². The number of aliphatic hydroxyl groups excluding tert-OH is 1. The zero-order valence-electron chi connectivity index (χ0n) is 36.9. The largest absolute Gasteiger partial charge is 0.444 e. The van der Waals surface area contributed by atoms with Gasteiger partial charge in [-0.15, -0.1) is 11.3 Å². The topological polar surface area (TPSA) is 222 Å². The molecule has 5 atom stereocenters. The highest BCUT2D eigenvalue weighted by atomic mass is 35.5. The molecule has 1 aliphatic rings. The molecule has 0 aliphatic carbocycles. The van der Waals surface area contributed by atoms with E-state index in [9.17, 15) is 33.9 Å². The van der Waals surface area contributed by atoms with Crippen molar-refractivity contribution in [2.24, 2.45) is 11.1 Å². The van der Waals surface area contributed by atoms with Crippen LogP contribution < -0.4 is 27.0 Å². The van der Waals surface area contributed by atoms with Crippen molar-refractivity contribution in [3.63, 3.8) is 0 Å². The third-order valence-corrected chi connectivity index (χ3v) is 11.5. The summed E-state index contributed by atoms with van der Waals surface area (Å²) in [6.45, 7) is 14.4. The zero-order valence-corrected chi connectivity index (χ0v) is 38.5. The molecule has 0 bridgehead atoms. The molecule has 1 fully saturated rings. The number of nitrogens with two attached hydrogens (primary N) is 1. The standard InChI is InChI=1S/C45H62ClN7O8S/c1-26(29-14-16-30(17-15-29)38-27(2)48-25-62-38)49-41(58)35-23-33(54)24-53(35)42(59)39(44(3,4)5)52-37(56)13-11-9-10-12-28-20-31(46)22-32(21-28)50-40(57)34(18-19-36(47)55)51-43(60)61-45(6,7)8/h14-17,20-22,25-26,33-35,39,54H,9-13,18-19,23-24H2,1-8H3,(H2,47,55)(H,49,58)(H,50,57)(H,51,60)(H,52,56)/t26-,33+,34-,35-,39+/m0/s1. The van der Waals surface area contributed by atoms with E-state index in [-0.39, 0.29) is 50.1 Å². The maximum absolute atomic E-state index is 14.1. The number of β-amino-alcohol motifs (C(OH)–C–C–N with tert-alkyl or cyclic N) is 1. The van der Waals surface area contributed by atoms with Crippen LogP contribution in [0.4, 0.5) is 10.5 Å². The predicted octanol–water partition coefficient (Wildman–Crippen LogP) is 6.34. The van der Waals surface area contributed by atoms with Gasteiger partial charge in [-0.3, -0.25) is 24.0 Å². The Hall–Kier alpha value is -5.06. The van der Waals surface area contributed by atoms with E-state index >= 15 is 0 Å². The number of primary amides is 1. The van der Waals surface area contributed by atoms with Gasteiger partial charge < -0.3 is 41.7 Å². The normalized spacial score (nSPS) is 16.8. The first-order valence-corrected chi connectivity index (χ1v) is 22.2. The highest BCUT2D eigenvalue weighted by Crippen LogP contribution is 2.30. The number of aryl methyl sites for hydroxylation is 2. The lowest BCUT2D eigenvalue weighted by atomic mass is 9.85. The fourth-order valence-electron chi connectivity index (χ4n) is 7.14. The van der Waals surface area contributed by atoms with Gasteiger partial charge in [-0.2, -0.15) is 0 Å².